The van der Waals surface area contributed by atoms with E-state index in [0.717, 1.165) is 31.2 Å². The van der Waals surface area contributed by atoms with Crippen LogP contribution >= 0.6 is 0 Å². The van der Waals surface area contributed by atoms with Crippen LogP contribution in [0, 0.1) is 18.8 Å². The van der Waals surface area contributed by atoms with E-state index in [4.69, 9.17) is 0 Å². The zero-order valence-electron chi connectivity index (χ0n) is 13.2. The van der Waals surface area contributed by atoms with Crippen LogP contribution in [-0.2, 0) is 14.8 Å². The fraction of sp³-hybridized carbons (Fsp3) is 0.588. The number of rotatable bonds is 3. The van der Waals surface area contributed by atoms with Gasteiger partial charge in [-0.1, -0.05) is 30.5 Å². The van der Waals surface area contributed by atoms with E-state index in [1.165, 1.54) is 4.31 Å². The number of hydrogen-bond donors (Lipinski definition) is 0. The Morgan fingerprint density at radius 2 is 1.73 bits per heavy atom. The second-order valence-electron chi connectivity index (χ2n) is 6.63. The van der Waals surface area contributed by atoms with Gasteiger partial charge in [0.25, 0.3) is 0 Å². The molecule has 1 aromatic carbocycles. The molecule has 3 rings (SSSR count). The number of hydrogen-bond acceptors (Lipinski definition) is 3. The lowest BCUT2D eigenvalue weighted by Gasteiger charge is -2.33. The van der Waals surface area contributed by atoms with Gasteiger partial charge < -0.3 is 0 Å². The van der Waals surface area contributed by atoms with Crippen LogP contribution in [0.15, 0.2) is 29.2 Å². The average Bonchev–Trinajstić information content (AvgIpc) is 2.84. The minimum Gasteiger partial charge on any atom is -0.299 e. The van der Waals surface area contributed by atoms with Crippen LogP contribution in [0.2, 0.25) is 0 Å². The molecular formula is C17H23NO3S. The van der Waals surface area contributed by atoms with Crippen molar-refractivity contribution in [2.75, 3.05) is 7.05 Å². The van der Waals surface area contributed by atoms with E-state index in [9.17, 15) is 13.2 Å². The zero-order valence-corrected chi connectivity index (χ0v) is 14.0. The van der Waals surface area contributed by atoms with Crippen LogP contribution in [0.3, 0.4) is 0 Å². The molecule has 0 aromatic heterocycles. The molecule has 2 aliphatic carbocycles. The number of Topliss-reactive ketones (excluding diaryl/α,β-unsaturated/α-hetero) is 1. The van der Waals surface area contributed by atoms with Crippen LogP contribution in [0.1, 0.15) is 37.7 Å². The van der Waals surface area contributed by atoms with Crippen molar-refractivity contribution in [3.05, 3.63) is 29.8 Å². The molecule has 0 heterocycles. The summed E-state index contributed by atoms with van der Waals surface area (Å²) in [6.45, 7) is 1.93. The SMILES string of the molecule is Cc1ccc(S(=O)(=O)N(C)[C@@H]2CC(=O)[C@H]3CCCC[C@H]32)cc1. The van der Waals surface area contributed by atoms with Crippen molar-refractivity contribution < 1.29 is 13.2 Å². The van der Waals surface area contributed by atoms with Gasteiger partial charge in [-0.2, -0.15) is 4.31 Å². The fourth-order valence-corrected chi connectivity index (χ4v) is 5.38. The van der Waals surface area contributed by atoms with Crippen molar-refractivity contribution in [3.8, 4) is 0 Å². The summed E-state index contributed by atoms with van der Waals surface area (Å²) in [5, 5.41) is 0. The second-order valence-corrected chi connectivity index (χ2v) is 8.62. The normalized spacial score (nSPS) is 28.9. The lowest BCUT2D eigenvalue weighted by Crippen LogP contribution is -2.41. The summed E-state index contributed by atoms with van der Waals surface area (Å²) in [6, 6.07) is 6.74. The molecule has 0 bridgehead atoms. The molecule has 0 saturated heterocycles. The smallest absolute Gasteiger partial charge is 0.243 e. The van der Waals surface area contributed by atoms with Gasteiger partial charge in [-0.05, 0) is 37.8 Å². The molecule has 22 heavy (non-hydrogen) atoms. The molecule has 0 unspecified atom stereocenters. The Hall–Kier alpha value is -1.20. The highest BCUT2D eigenvalue weighted by Gasteiger charge is 2.47. The monoisotopic (exact) mass is 321 g/mol. The maximum atomic E-state index is 12.8. The van der Waals surface area contributed by atoms with E-state index in [1.54, 1.807) is 19.2 Å². The highest BCUT2D eigenvalue weighted by molar-refractivity contribution is 7.89. The van der Waals surface area contributed by atoms with Crippen LogP contribution in [0.25, 0.3) is 0 Å². The van der Waals surface area contributed by atoms with Crippen LogP contribution in [0.4, 0.5) is 0 Å². The van der Waals surface area contributed by atoms with Crippen molar-refractivity contribution in [1.82, 2.24) is 4.31 Å². The summed E-state index contributed by atoms with van der Waals surface area (Å²) < 4.78 is 27.1. The Morgan fingerprint density at radius 1 is 1.09 bits per heavy atom. The van der Waals surface area contributed by atoms with Gasteiger partial charge in [0.15, 0.2) is 0 Å². The number of sulfonamides is 1. The zero-order chi connectivity index (χ0) is 15.9. The van der Waals surface area contributed by atoms with Crippen LogP contribution in [-0.4, -0.2) is 31.6 Å². The third kappa shape index (κ3) is 2.61. The van der Waals surface area contributed by atoms with Crippen LogP contribution in [0.5, 0.6) is 0 Å². The maximum Gasteiger partial charge on any atom is 0.243 e. The van der Waals surface area contributed by atoms with Gasteiger partial charge in [0.05, 0.1) is 4.90 Å². The molecule has 4 nitrogen and oxygen atoms in total. The lowest BCUT2D eigenvalue weighted by molar-refractivity contribution is -0.121. The molecule has 0 N–H and O–H groups in total. The second kappa shape index (κ2) is 5.78. The van der Waals surface area contributed by atoms with E-state index >= 15 is 0 Å². The number of ketones is 1. The van der Waals surface area contributed by atoms with Crippen molar-refractivity contribution in [3.63, 3.8) is 0 Å². The van der Waals surface area contributed by atoms with E-state index < -0.39 is 10.0 Å². The van der Waals surface area contributed by atoms with Gasteiger partial charge in [0.1, 0.15) is 5.78 Å². The van der Waals surface area contributed by atoms with E-state index in [2.05, 4.69) is 0 Å². The molecule has 0 radical (unpaired) electrons. The van der Waals surface area contributed by atoms with E-state index in [-0.39, 0.29) is 23.7 Å². The molecule has 5 heteroatoms. The Kier molecular flexibility index (Phi) is 4.12. The predicted octanol–water partition coefficient (Wildman–Crippen LogP) is 2.76. The summed E-state index contributed by atoms with van der Waals surface area (Å²) in [4.78, 5) is 12.5. The summed E-state index contributed by atoms with van der Waals surface area (Å²) in [7, 11) is -1.90. The summed E-state index contributed by atoms with van der Waals surface area (Å²) in [5.41, 5.74) is 1.03. The first-order valence-electron chi connectivity index (χ1n) is 7.98. The number of aryl methyl sites for hydroxylation is 1. The van der Waals surface area contributed by atoms with Gasteiger partial charge in [-0.25, -0.2) is 8.42 Å². The minimum atomic E-state index is -3.53. The first-order valence-corrected chi connectivity index (χ1v) is 9.42. The van der Waals surface area contributed by atoms with Crippen molar-refractivity contribution in [1.29, 1.82) is 0 Å². The number of benzene rings is 1. The standard InChI is InChI=1S/C17H23NO3S/c1-12-7-9-13(10-8-12)22(20,21)18(2)16-11-17(19)15-6-4-3-5-14(15)16/h7-10,14-16H,3-6,11H2,1-2H3/t14-,15+,16-/m1/s1. The maximum absolute atomic E-state index is 12.8. The largest absolute Gasteiger partial charge is 0.299 e. The molecule has 3 atom stereocenters. The summed E-state index contributed by atoms with van der Waals surface area (Å²) in [5.74, 6) is 0.529. The van der Waals surface area contributed by atoms with Gasteiger partial charge in [-0.15, -0.1) is 0 Å². The van der Waals surface area contributed by atoms with Crippen molar-refractivity contribution in [2.45, 2.75) is 50.0 Å². The summed E-state index contributed by atoms with van der Waals surface area (Å²) >= 11 is 0. The van der Waals surface area contributed by atoms with E-state index in [0.29, 0.717) is 11.3 Å². The molecule has 2 fully saturated rings. The minimum absolute atomic E-state index is 0.0782. The number of fused-ring (bicyclic) bond motifs is 1. The quantitative estimate of drug-likeness (QED) is 0.860. The molecular weight excluding hydrogens is 298 g/mol. The van der Waals surface area contributed by atoms with Gasteiger partial charge in [-0.3, -0.25) is 4.79 Å². The molecule has 0 spiro atoms. The third-order valence-electron chi connectivity index (χ3n) is 5.30. The first kappa shape index (κ1) is 15.7. The predicted molar refractivity (Wildman–Crippen MR) is 85.0 cm³/mol. The molecule has 2 aliphatic rings. The average molecular weight is 321 g/mol. The van der Waals surface area contributed by atoms with Crippen LogP contribution < -0.4 is 0 Å². The topological polar surface area (TPSA) is 54.5 Å². The lowest BCUT2D eigenvalue weighted by atomic mass is 9.80. The first-order chi connectivity index (χ1) is 10.4. The highest BCUT2D eigenvalue weighted by Crippen LogP contribution is 2.43. The fourth-order valence-electron chi connectivity index (χ4n) is 3.98. The number of nitrogens with zero attached hydrogens (tertiary/aromatic N) is 1. The molecule has 0 aliphatic heterocycles. The van der Waals surface area contributed by atoms with E-state index in [1.807, 2.05) is 19.1 Å². The Labute approximate surface area is 132 Å². The Balaban J connectivity index is 1.88. The van der Waals surface area contributed by atoms with Crippen molar-refractivity contribution >= 4 is 15.8 Å². The van der Waals surface area contributed by atoms with Crippen molar-refractivity contribution in [2.24, 2.45) is 11.8 Å². The molecule has 120 valence electrons. The van der Waals surface area contributed by atoms with Gasteiger partial charge in [0.2, 0.25) is 10.0 Å². The Morgan fingerprint density at radius 3 is 2.41 bits per heavy atom. The van der Waals surface area contributed by atoms with Gasteiger partial charge >= 0.3 is 0 Å². The molecule has 2 saturated carbocycles. The summed E-state index contributed by atoms with van der Waals surface area (Å²) in [6.07, 6.45) is 4.46. The molecule has 0 amide bonds. The number of carbonyl (C=O) groups excluding carboxylic acids is 1. The third-order valence-corrected chi connectivity index (χ3v) is 7.20. The number of carbonyl (C=O) groups is 1. The Bertz CT molecular complexity index is 666. The highest BCUT2D eigenvalue weighted by atomic mass is 32.2. The van der Waals surface area contributed by atoms with Gasteiger partial charge in [0, 0.05) is 25.4 Å². The molecule has 1 aromatic rings.